The van der Waals surface area contributed by atoms with Crippen LogP contribution in [0, 0.1) is 0 Å². The smallest absolute Gasteiger partial charge is 0.262 e. The lowest BCUT2D eigenvalue weighted by Gasteiger charge is -2.13. The molecule has 0 amide bonds. The zero-order valence-corrected chi connectivity index (χ0v) is 28.2. The second kappa shape index (κ2) is 11.0. The van der Waals surface area contributed by atoms with Crippen LogP contribution in [0.4, 0.5) is 11.4 Å². The molecule has 0 radical (unpaired) electrons. The summed E-state index contributed by atoms with van der Waals surface area (Å²) >= 11 is 1.46. The summed E-state index contributed by atoms with van der Waals surface area (Å²) in [6.45, 7) is 0. The largest absolute Gasteiger partial charge is 0.279 e. The molecule has 0 aliphatic carbocycles. The third-order valence-corrected chi connectivity index (χ3v) is 13.0. The van der Waals surface area contributed by atoms with Crippen LogP contribution < -0.4 is 9.44 Å². The number of thiophene rings is 1. The van der Waals surface area contributed by atoms with Crippen LogP contribution in [0.2, 0.25) is 0 Å². The quantitative estimate of drug-likeness (QED) is 0.181. The molecule has 0 atom stereocenters. The Hall–Kier alpha value is -5.48. The van der Waals surface area contributed by atoms with Gasteiger partial charge < -0.3 is 0 Å². The van der Waals surface area contributed by atoms with Gasteiger partial charge in [-0.15, -0.1) is 11.3 Å². The first-order valence-electron chi connectivity index (χ1n) is 15.6. The molecule has 9 rings (SSSR count). The van der Waals surface area contributed by atoms with E-state index in [1.807, 2.05) is 115 Å². The molecule has 9 aromatic rings. The van der Waals surface area contributed by atoms with Gasteiger partial charge in [0.1, 0.15) is 0 Å². The van der Waals surface area contributed by atoms with Crippen molar-refractivity contribution < 1.29 is 16.8 Å². The van der Waals surface area contributed by atoms with E-state index >= 15 is 0 Å². The summed E-state index contributed by atoms with van der Waals surface area (Å²) < 4.78 is 63.2. The Morgan fingerprint density at radius 2 is 0.959 bits per heavy atom. The maximum Gasteiger partial charge on any atom is 0.262 e. The lowest BCUT2D eigenvalue weighted by Crippen LogP contribution is -2.13. The van der Waals surface area contributed by atoms with Crippen LogP contribution in [-0.2, 0) is 20.0 Å². The molecular weight excluding hydrogens is 669 g/mol. The number of fused-ring (bicyclic) bond motifs is 9. The topological polar surface area (TPSA) is 92.3 Å². The highest BCUT2D eigenvalue weighted by molar-refractivity contribution is 7.93. The van der Waals surface area contributed by atoms with Crippen molar-refractivity contribution in [2.45, 2.75) is 9.79 Å². The van der Waals surface area contributed by atoms with Gasteiger partial charge >= 0.3 is 0 Å². The molecule has 0 unspecified atom stereocenters. The van der Waals surface area contributed by atoms with Gasteiger partial charge in [-0.05, 0) is 51.9 Å². The number of nitrogens with one attached hydrogen (secondary N) is 2. The molecule has 6 nitrogen and oxygen atoms in total. The predicted molar refractivity (Wildman–Crippen MR) is 204 cm³/mol. The van der Waals surface area contributed by atoms with Gasteiger partial charge in [-0.2, -0.15) is 0 Å². The van der Waals surface area contributed by atoms with E-state index in [0.29, 0.717) is 16.8 Å². The van der Waals surface area contributed by atoms with Crippen LogP contribution in [0.15, 0.2) is 155 Å². The van der Waals surface area contributed by atoms with Crippen LogP contribution in [0.3, 0.4) is 0 Å². The van der Waals surface area contributed by atoms with Gasteiger partial charge in [0.05, 0.1) is 21.2 Å². The summed E-state index contributed by atoms with van der Waals surface area (Å²) in [6, 6.07) is 44.8. The second-order valence-corrected chi connectivity index (χ2v) is 16.4. The summed E-state index contributed by atoms with van der Waals surface area (Å²) in [5, 5.41) is 8.46. The minimum absolute atomic E-state index is 0.144. The highest BCUT2D eigenvalue weighted by Gasteiger charge is 2.23. The van der Waals surface area contributed by atoms with E-state index in [2.05, 4.69) is 9.44 Å². The molecule has 1 aromatic heterocycles. The first-order valence-corrected chi connectivity index (χ1v) is 19.4. The first-order chi connectivity index (χ1) is 23.8. The van der Waals surface area contributed by atoms with Crippen LogP contribution in [-0.4, -0.2) is 16.8 Å². The average Bonchev–Trinajstić information content (AvgIpc) is 3.51. The Labute approximate surface area is 286 Å². The number of sulfonamides is 2. The zero-order valence-electron chi connectivity index (χ0n) is 25.7. The number of benzene rings is 8. The SMILES string of the molecule is O=S(=O)(Nc1cccc2ccccc12)c1ccc2ccc3c(sc4cc(S(=O)(=O)Nc5cccc6ccccc56)c5ccccc5c43)c2c1. The molecule has 0 aliphatic rings. The second-order valence-electron chi connectivity index (χ2n) is 12.0. The van der Waals surface area contributed by atoms with E-state index in [-0.39, 0.29) is 9.79 Å². The maximum atomic E-state index is 14.1. The van der Waals surface area contributed by atoms with Crippen molar-refractivity contribution in [1.82, 2.24) is 0 Å². The van der Waals surface area contributed by atoms with Crippen LogP contribution in [0.25, 0.3) is 63.3 Å². The van der Waals surface area contributed by atoms with Crippen molar-refractivity contribution >= 4 is 106 Å². The Morgan fingerprint density at radius 1 is 0.429 bits per heavy atom. The fraction of sp³-hybridized carbons (Fsp3) is 0. The van der Waals surface area contributed by atoms with Gasteiger partial charge in [0, 0.05) is 41.7 Å². The Balaban J connectivity index is 1.20. The monoisotopic (exact) mass is 694 g/mol. The van der Waals surface area contributed by atoms with E-state index in [1.54, 1.807) is 30.3 Å². The van der Waals surface area contributed by atoms with E-state index in [1.165, 1.54) is 11.3 Å². The summed E-state index contributed by atoms with van der Waals surface area (Å²) in [4.78, 5) is 0.326. The molecular formula is C40H26N2O4S3. The van der Waals surface area contributed by atoms with Crippen molar-refractivity contribution in [2.24, 2.45) is 0 Å². The van der Waals surface area contributed by atoms with Crippen LogP contribution >= 0.6 is 11.3 Å². The minimum Gasteiger partial charge on any atom is -0.279 e. The Morgan fingerprint density at radius 3 is 1.63 bits per heavy atom. The molecule has 9 heteroatoms. The number of anilines is 2. The average molecular weight is 695 g/mol. The summed E-state index contributed by atoms with van der Waals surface area (Å²) in [6.07, 6.45) is 0. The van der Waals surface area contributed by atoms with Gasteiger partial charge in [-0.3, -0.25) is 9.44 Å². The van der Waals surface area contributed by atoms with Gasteiger partial charge in [0.15, 0.2) is 0 Å². The Kier molecular flexibility index (Phi) is 6.67. The van der Waals surface area contributed by atoms with Gasteiger partial charge in [-0.25, -0.2) is 16.8 Å². The molecule has 1 heterocycles. The molecule has 238 valence electrons. The molecule has 0 aliphatic heterocycles. The Bertz CT molecular complexity index is 3030. The van der Waals surface area contributed by atoms with E-state index in [9.17, 15) is 16.8 Å². The minimum atomic E-state index is -4.01. The van der Waals surface area contributed by atoms with Crippen molar-refractivity contribution in [3.8, 4) is 0 Å². The van der Waals surface area contributed by atoms with Crippen molar-refractivity contribution in [3.63, 3.8) is 0 Å². The van der Waals surface area contributed by atoms with Gasteiger partial charge in [0.2, 0.25) is 0 Å². The molecule has 0 bridgehead atoms. The predicted octanol–water partition coefficient (Wildman–Crippen LogP) is 10.3. The lowest BCUT2D eigenvalue weighted by molar-refractivity contribution is 0.600. The molecule has 49 heavy (non-hydrogen) atoms. The molecule has 0 saturated heterocycles. The number of rotatable bonds is 6. The zero-order chi connectivity index (χ0) is 33.3. The van der Waals surface area contributed by atoms with Crippen LogP contribution in [0.5, 0.6) is 0 Å². The molecule has 8 aromatic carbocycles. The number of hydrogen-bond acceptors (Lipinski definition) is 5. The van der Waals surface area contributed by atoms with Gasteiger partial charge in [0.25, 0.3) is 20.0 Å². The third-order valence-electron chi connectivity index (χ3n) is 9.06. The van der Waals surface area contributed by atoms with Crippen molar-refractivity contribution in [2.75, 3.05) is 9.44 Å². The first kappa shape index (κ1) is 29.6. The van der Waals surface area contributed by atoms with E-state index in [4.69, 9.17) is 0 Å². The third kappa shape index (κ3) is 4.89. The normalized spacial score (nSPS) is 12.4. The van der Waals surface area contributed by atoms with Crippen molar-refractivity contribution in [3.05, 3.63) is 146 Å². The number of hydrogen-bond donors (Lipinski definition) is 2. The van der Waals surface area contributed by atoms with Crippen LogP contribution in [0.1, 0.15) is 0 Å². The molecule has 0 fully saturated rings. The standard InChI is InChI=1S/C40H26N2O4S3/c43-48(44,41-35-17-7-11-25-9-1-3-13-29(25)35)28-21-19-27-20-22-33-39-32-16-6-5-15-31(32)38(24-37(39)47-40(33)34(27)23-28)49(45,46)42-36-18-8-12-26-10-2-4-14-30(26)36/h1-24,41-42H. The fourth-order valence-corrected chi connectivity index (χ4v) is 10.6. The fourth-order valence-electron chi connectivity index (χ4n) is 6.79. The molecule has 0 saturated carbocycles. The lowest BCUT2D eigenvalue weighted by atomic mass is 10.0. The summed E-state index contributed by atoms with van der Waals surface area (Å²) in [7, 11) is -7.94. The van der Waals surface area contributed by atoms with Gasteiger partial charge in [-0.1, -0.05) is 115 Å². The van der Waals surface area contributed by atoms with Crippen molar-refractivity contribution in [1.29, 1.82) is 0 Å². The summed E-state index contributed by atoms with van der Waals surface area (Å²) in [5.41, 5.74) is 1.02. The van der Waals surface area contributed by atoms with E-state index in [0.717, 1.165) is 57.9 Å². The maximum absolute atomic E-state index is 14.1. The summed E-state index contributed by atoms with van der Waals surface area (Å²) in [5.74, 6) is 0. The highest BCUT2D eigenvalue weighted by atomic mass is 32.2. The molecule has 2 N–H and O–H groups in total. The highest BCUT2D eigenvalue weighted by Crippen LogP contribution is 2.44. The van der Waals surface area contributed by atoms with E-state index < -0.39 is 20.0 Å². The molecule has 0 spiro atoms.